The van der Waals surface area contributed by atoms with Crippen LogP contribution in [0.4, 0.5) is 17.1 Å². The SMILES string of the molecule is c1ccc2c(c1)Oc1ccccc1C21c2ccccc2-c2ccc(N(c3ccc4c(c3)-c3ccccc3C43c4ccccc4Sc4ccccc43)c3cccc4c3sc3ccccc34)cc21. The van der Waals surface area contributed by atoms with Crippen LogP contribution in [0.2, 0.25) is 0 Å². The van der Waals surface area contributed by atoms with Crippen molar-refractivity contribution in [2.45, 2.75) is 20.6 Å². The zero-order chi connectivity index (χ0) is 43.1. The lowest BCUT2D eigenvalue weighted by atomic mass is 9.66. The summed E-state index contributed by atoms with van der Waals surface area (Å²) in [6, 6.07) is 83.8. The molecule has 0 radical (unpaired) electrons. The highest BCUT2D eigenvalue weighted by Gasteiger charge is 2.52. The van der Waals surface area contributed by atoms with Crippen LogP contribution in [0.3, 0.4) is 0 Å². The second-order valence-electron chi connectivity index (χ2n) is 17.8. The fraction of sp³-hybridized carbons (Fsp3) is 0.0323. The number of rotatable bonds is 3. The number of hydrogen-bond acceptors (Lipinski definition) is 4. The first-order valence-electron chi connectivity index (χ1n) is 22.7. The fourth-order valence-corrected chi connectivity index (χ4v) is 14.7. The van der Waals surface area contributed by atoms with E-state index in [1.54, 1.807) is 0 Å². The van der Waals surface area contributed by atoms with Crippen molar-refractivity contribution >= 4 is 60.3 Å². The summed E-state index contributed by atoms with van der Waals surface area (Å²) in [6.45, 7) is 0. The summed E-state index contributed by atoms with van der Waals surface area (Å²) < 4.78 is 9.30. The lowest BCUT2D eigenvalue weighted by molar-refractivity contribution is 0.436. The van der Waals surface area contributed by atoms with E-state index in [0.29, 0.717) is 0 Å². The van der Waals surface area contributed by atoms with Gasteiger partial charge in [0.2, 0.25) is 0 Å². The van der Waals surface area contributed by atoms with E-state index in [4.69, 9.17) is 4.74 Å². The predicted octanol–water partition coefficient (Wildman–Crippen LogP) is 16.8. The summed E-state index contributed by atoms with van der Waals surface area (Å²) in [6.07, 6.45) is 0. The van der Waals surface area contributed by atoms with Crippen LogP contribution in [0.15, 0.2) is 234 Å². The van der Waals surface area contributed by atoms with Crippen LogP contribution in [0.5, 0.6) is 11.5 Å². The van der Waals surface area contributed by atoms with Crippen LogP contribution in [0.25, 0.3) is 42.4 Å². The molecule has 0 amide bonds. The standard InChI is InChI=1S/C62H37NOS2/c1-4-20-46-40(16-1)42-34-32-39(37-53(42)62(46)49-22-6-10-27-55(49)64-56-28-11-7-23-50(56)62)63(54-26-15-19-44-43-18-3-12-29-57(43)66-60(44)54)38-33-35-48-45(36-38)41-17-2-5-21-47(41)61(48)51-24-8-13-30-58(51)65-59-31-14-9-25-52(59)61/h1-37H. The highest BCUT2D eigenvalue weighted by molar-refractivity contribution is 7.99. The van der Waals surface area contributed by atoms with Gasteiger partial charge >= 0.3 is 0 Å². The summed E-state index contributed by atoms with van der Waals surface area (Å²) in [5.41, 5.74) is 17.6. The van der Waals surface area contributed by atoms with Crippen LogP contribution in [-0.4, -0.2) is 0 Å². The minimum atomic E-state index is -0.592. The van der Waals surface area contributed by atoms with Crippen molar-refractivity contribution in [3.8, 4) is 33.8 Å². The average Bonchev–Trinajstić information content (AvgIpc) is 4.00. The Bertz CT molecular complexity index is 3790. The van der Waals surface area contributed by atoms with E-state index < -0.39 is 10.8 Å². The number of ether oxygens (including phenoxy) is 1. The van der Waals surface area contributed by atoms with E-state index >= 15 is 0 Å². The van der Waals surface area contributed by atoms with E-state index in [0.717, 1.165) is 39.7 Å². The van der Waals surface area contributed by atoms with Crippen molar-refractivity contribution in [3.05, 3.63) is 269 Å². The van der Waals surface area contributed by atoms with Crippen molar-refractivity contribution < 1.29 is 4.74 Å². The first-order valence-corrected chi connectivity index (χ1v) is 24.3. The number of fused-ring (bicyclic) bond motifs is 21. The zero-order valence-electron chi connectivity index (χ0n) is 35.5. The molecule has 0 N–H and O–H groups in total. The molecular formula is C62H37NOS2. The third-order valence-electron chi connectivity index (χ3n) is 14.8. The van der Waals surface area contributed by atoms with Gasteiger partial charge in [0.1, 0.15) is 11.5 Å². The molecule has 0 fully saturated rings. The molecule has 11 aromatic rings. The topological polar surface area (TPSA) is 12.5 Å². The van der Waals surface area contributed by atoms with Gasteiger partial charge in [-0.3, -0.25) is 0 Å². The van der Waals surface area contributed by atoms with Gasteiger partial charge in [-0.25, -0.2) is 0 Å². The molecule has 0 bridgehead atoms. The average molecular weight is 876 g/mol. The maximum Gasteiger partial charge on any atom is 0.132 e. The summed E-state index contributed by atoms with van der Waals surface area (Å²) in [7, 11) is 0. The van der Waals surface area contributed by atoms with Crippen LogP contribution < -0.4 is 9.64 Å². The molecule has 0 unspecified atom stereocenters. The summed E-state index contributed by atoms with van der Waals surface area (Å²) in [4.78, 5) is 5.16. The summed E-state index contributed by atoms with van der Waals surface area (Å²) >= 11 is 3.77. The molecule has 0 saturated carbocycles. The Labute approximate surface area is 391 Å². The second kappa shape index (κ2) is 13.5. The fourth-order valence-electron chi connectivity index (χ4n) is 12.3. The van der Waals surface area contributed by atoms with E-state index in [9.17, 15) is 0 Å². The van der Waals surface area contributed by atoms with Crippen molar-refractivity contribution in [3.63, 3.8) is 0 Å². The summed E-state index contributed by atoms with van der Waals surface area (Å²) in [5, 5.41) is 2.56. The Morgan fingerprint density at radius 1 is 0.348 bits per heavy atom. The number of para-hydroxylation sites is 2. The third kappa shape index (κ3) is 4.62. The van der Waals surface area contributed by atoms with E-state index in [-0.39, 0.29) is 0 Å². The summed E-state index contributed by atoms with van der Waals surface area (Å²) in [5.74, 6) is 1.79. The van der Waals surface area contributed by atoms with Crippen LogP contribution in [0.1, 0.15) is 44.5 Å². The monoisotopic (exact) mass is 875 g/mol. The van der Waals surface area contributed by atoms with Gasteiger partial charge in [-0.05, 0) is 116 Å². The van der Waals surface area contributed by atoms with Crippen LogP contribution >= 0.6 is 23.1 Å². The lowest BCUT2D eigenvalue weighted by Gasteiger charge is -2.40. The van der Waals surface area contributed by atoms with Crippen molar-refractivity contribution in [2.24, 2.45) is 0 Å². The van der Waals surface area contributed by atoms with Crippen LogP contribution in [0, 0.1) is 0 Å². The van der Waals surface area contributed by atoms with Gasteiger partial charge in [-0.2, -0.15) is 0 Å². The molecule has 2 spiro atoms. The van der Waals surface area contributed by atoms with Gasteiger partial charge in [0, 0.05) is 47.8 Å². The van der Waals surface area contributed by atoms with E-state index in [1.807, 2.05) is 23.1 Å². The number of hydrogen-bond donors (Lipinski definition) is 0. The molecule has 0 saturated heterocycles. The number of anilines is 3. The number of nitrogens with zero attached hydrogens (tertiary/aromatic N) is 1. The van der Waals surface area contributed by atoms with Gasteiger partial charge in [0.15, 0.2) is 0 Å². The minimum absolute atomic E-state index is 0.450. The molecule has 10 aromatic carbocycles. The molecule has 4 heteroatoms. The van der Waals surface area contributed by atoms with Gasteiger partial charge < -0.3 is 9.64 Å². The first-order chi connectivity index (χ1) is 32.7. The molecule has 66 heavy (non-hydrogen) atoms. The van der Waals surface area contributed by atoms with Crippen molar-refractivity contribution in [1.82, 2.24) is 0 Å². The molecular weight excluding hydrogens is 839 g/mol. The quantitative estimate of drug-likeness (QED) is 0.175. The molecule has 2 nitrogen and oxygen atoms in total. The van der Waals surface area contributed by atoms with Gasteiger partial charge in [0.25, 0.3) is 0 Å². The highest BCUT2D eigenvalue weighted by Crippen LogP contribution is 2.65. The molecule has 1 aromatic heterocycles. The van der Waals surface area contributed by atoms with Gasteiger partial charge in [-0.15, -0.1) is 11.3 Å². The second-order valence-corrected chi connectivity index (χ2v) is 20.0. The predicted molar refractivity (Wildman–Crippen MR) is 273 cm³/mol. The normalized spacial score (nSPS) is 14.7. The number of thiophene rings is 1. The Morgan fingerprint density at radius 2 is 0.848 bits per heavy atom. The Hall–Kier alpha value is -7.63. The third-order valence-corrected chi connectivity index (χ3v) is 17.2. The van der Waals surface area contributed by atoms with Crippen LogP contribution in [-0.2, 0) is 10.8 Å². The largest absolute Gasteiger partial charge is 0.457 e. The highest BCUT2D eigenvalue weighted by atomic mass is 32.2. The minimum Gasteiger partial charge on any atom is -0.457 e. The first kappa shape index (κ1) is 36.7. The van der Waals surface area contributed by atoms with Crippen molar-refractivity contribution in [2.75, 3.05) is 4.90 Å². The van der Waals surface area contributed by atoms with Gasteiger partial charge in [0.05, 0.1) is 21.2 Å². The maximum atomic E-state index is 6.74. The molecule has 2 aliphatic heterocycles. The van der Waals surface area contributed by atoms with E-state index in [1.165, 1.54) is 85.6 Å². The van der Waals surface area contributed by atoms with Gasteiger partial charge in [-0.1, -0.05) is 176 Å². The van der Waals surface area contributed by atoms with Crippen molar-refractivity contribution in [1.29, 1.82) is 0 Å². The molecule has 2 aliphatic carbocycles. The Kier molecular flexibility index (Phi) is 7.48. The smallest absolute Gasteiger partial charge is 0.132 e. The zero-order valence-corrected chi connectivity index (χ0v) is 37.2. The molecule has 0 atom stereocenters. The maximum absolute atomic E-state index is 6.74. The Morgan fingerprint density at radius 3 is 1.56 bits per heavy atom. The molecule has 15 rings (SSSR count). The molecule has 4 aliphatic rings. The molecule has 308 valence electrons. The number of benzene rings is 10. The lowest BCUT2D eigenvalue weighted by Crippen LogP contribution is -2.32. The Balaban J connectivity index is 1.02. The van der Waals surface area contributed by atoms with E-state index in [2.05, 4.69) is 229 Å². The molecule has 3 heterocycles.